The molecule has 0 unspecified atom stereocenters. The first-order chi connectivity index (χ1) is 14.6. The smallest absolute Gasteiger partial charge is 0.203 e. The summed E-state index contributed by atoms with van der Waals surface area (Å²) in [6.45, 7) is 0. The van der Waals surface area contributed by atoms with E-state index in [1.54, 1.807) is 40.2 Å². The van der Waals surface area contributed by atoms with Gasteiger partial charge in [0.1, 0.15) is 11.5 Å². The van der Waals surface area contributed by atoms with E-state index < -0.39 is 0 Å². The van der Waals surface area contributed by atoms with E-state index in [4.69, 9.17) is 23.4 Å². The minimum Gasteiger partial charge on any atom is -0.497 e. The molecule has 0 aliphatic carbocycles. The van der Waals surface area contributed by atoms with E-state index in [1.165, 1.54) is 0 Å². The molecule has 0 amide bonds. The van der Waals surface area contributed by atoms with Gasteiger partial charge in [0.25, 0.3) is 0 Å². The van der Waals surface area contributed by atoms with E-state index >= 15 is 0 Å². The summed E-state index contributed by atoms with van der Waals surface area (Å²) in [5, 5.41) is 0.853. The quantitative estimate of drug-likeness (QED) is 0.232. The van der Waals surface area contributed by atoms with Crippen LogP contribution in [0.2, 0.25) is 0 Å². The summed E-state index contributed by atoms with van der Waals surface area (Å²) < 4.78 is 28.1. The van der Waals surface area contributed by atoms with Crippen molar-refractivity contribution in [1.82, 2.24) is 0 Å². The predicted octanol–water partition coefficient (Wildman–Crippen LogP) is 6.06. The number of rotatable bonds is 10. The number of methoxy groups -OCH3 is 4. The predicted molar refractivity (Wildman–Crippen MR) is 125 cm³/mol. The van der Waals surface area contributed by atoms with Crippen LogP contribution in [0.3, 0.4) is 0 Å². The molecule has 0 fully saturated rings. The van der Waals surface area contributed by atoms with Crippen LogP contribution in [0.5, 0.6) is 23.0 Å². The lowest BCUT2D eigenvalue weighted by Crippen LogP contribution is -1.95. The monoisotopic (exact) mass is 446 g/mol. The van der Waals surface area contributed by atoms with Gasteiger partial charge in [0.2, 0.25) is 5.75 Å². The number of benzene rings is 2. The third kappa shape index (κ3) is 4.84. The highest BCUT2D eigenvalue weighted by atomic mass is 32.2. The summed E-state index contributed by atoms with van der Waals surface area (Å²) >= 11 is 5.97. The number of furan rings is 1. The summed E-state index contributed by atoms with van der Waals surface area (Å²) in [5.41, 5.74) is 2.86. The number of thiol groups is 1. The summed E-state index contributed by atoms with van der Waals surface area (Å²) in [7, 11) is 6.45. The molecule has 160 valence electrons. The van der Waals surface area contributed by atoms with Crippen molar-refractivity contribution >= 4 is 24.4 Å². The fraction of sp³-hybridized carbons (Fsp3) is 0.304. The average Bonchev–Trinajstić information content (AvgIpc) is 3.22. The maximum atomic E-state index is 6.29. The Hall–Kier alpha value is -2.38. The van der Waals surface area contributed by atoms with E-state index in [-0.39, 0.29) is 0 Å². The summed E-state index contributed by atoms with van der Waals surface area (Å²) in [4.78, 5) is 0. The van der Waals surface area contributed by atoms with Crippen molar-refractivity contribution in [2.45, 2.75) is 11.5 Å². The van der Waals surface area contributed by atoms with Crippen molar-refractivity contribution in [3.63, 3.8) is 0 Å². The van der Waals surface area contributed by atoms with Crippen molar-refractivity contribution in [3.05, 3.63) is 42.5 Å². The summed E-state index contributed by atoms with van der Waals surface area (Å²) in [5.74, 6) is 5.03. The summed E-state index contributed by atoms with van der Waals surface area (Å²) in [6, 6.07) is 13.8. The van der Waals surface area contributed by atoms with Crippen molar-refractivity contribution in [1.29, 1.82) is 0 Å². The lowest BCUT2D eigenvalue weighted by atomic mass is 10.0. The van der Waals surface area contributed by atoms with Crippen LogP contribution in [0, 0.1) is 0 Å². The number of thioether (sulfide) groups is 1. The third-order valence-corrected chi connectivity index (χ3v) is 5.88. The second kappa shape index (κ2) is 10.6. The molecule has 7 heteroatoms. The minimum absolute atomic E-state index is 0.546. The van der Waals surface area contributed by atoms with Crippen LogP contribution in [0.1, 0.15) is 6.42 Å². The molecule has 0 saturated heterocycles. The highest BCUT2D eigenvalue weighted by Gasteiger charge is 2.20. The molecule has 30 heavy (non-hydrogen) atoms. The zero-order chi connectivity index (χ0) is 21.5. The van der Waals surface area contributed by atoms with Gasteiger partial charge >= 0.3 is 0 Å². The molecule has 0 aliphatic heterocycles. The first kappa shape index (κ1) is 22.3. The van der Waals surface area contributed by atoms with E-state index in [0.717, 1.165) is 51.2 Å². The van der Waals surface area contributed by atoms with Crippen LogP contribution in [-0.4, -0.2) is 39.9 Å². The Morgan fingerprint density at radius 1 is 0.833 bits per heavy atom. The van der Waals surface area contributed by atoms with Gasteiger partial charge in [-0.1, -0.05) is 23.9 Å². The zero-order valence-electron chi connectivity index (χ0n) is 17.6. The maximum absolute atomic E-state index is 6.29. The van der Waals surface area contributed by atoms with E-state index in [0.29, 0.717) is 17.2 Å². The van der Waals surface area contributed by atoms with Crippen LogP contribution in [0.25, 0.3) is 22.5 Å². The van der Waals surface area contributed by atoms with Gasteiger partial charge in [-0.05, 0) is 48.1 Å². The highest BCUT2D eigenvalue weighted by molar-refractivity contribution is 7.99. The molecule has 5 nitrogen and oxygen atoms in total. The Labute approximate surface area is 187 Å². The normalized spacial score (nSPS) is 10.7. The van der Waals surface area contributed by atoms with Gasteiger partial charge in [0, 0.05) is 16.9 Å². The molecule has 0 aliphatic rings. The molecule has 1 aromatic heterocycles. The molecule has 3 aromatic rings. The van der Waals surface area contributed by atoms with E-state index in [2.05, 4.69) is 18.7 Å². The van der Waals surface area contributed by atoms with Crippen molar-refractivity contribution in [3.8, 4) is 45.4 Å². The van der Waals surface area contributed by atoms with Crippen LogP contribution in [0.4, 0.5) is 0 Å². The van der Waals surface area contributed by atoms with Gasteiger partial charge in [-0.15, -0.1) is 0 Å². The highest BCUT2D eigenvalue weighted by Crippen LogP contribution is 2.45. The Balaban J connectivity index is 2.12. The Morgan fingerprint density at radius 2 is 1.50 bits per heavy atom. The fourth-order valence-electron chi connectivity index (χ4n) is 3.09. The van der Waals surface area contributed by atoms with Gasteiger partial charge in [-0.25, -0.2) is 0 Å². The first-order valence-corrected chi connectivity index (χ1v) is 11.1. The molecule has 0 atom stereocenters. The SMILES string of the molecule is COc1ccc(-c2cc(SCCCS)oc2-c2cc(OC)c(OC)c(OC)c2)cc1. The number of ether oxygens (including phenoxy) is 4. The molecule has 2 aromatic carbocycles. The summed E-state index contributed by atoms with van der Waals surface area (Å²) in [6.07, 6.45) is 1.01. The van der Waals surface area contributed by atoms with Gasteiger partial charge in [0.15, 0.2) is 16.6 Å². The van der Waals surface area contributed by atoms with Gasteiger partial charge < -0.3 is 23.4 Å². The van der Waals surface area contributed by atoms with Gasteiger partial charge in [-0.3, -0.25) is 0 Å². The van der Waals surface area contributed by atoms with Crippen molar-refractivity contribution in [2.24, 2.45) is 0 Å². The third-order valence-electron chi connectivity index (χ3n) is 4.58. The second-order valence-electron chi connectivity index (χ2n) is 6.38. The standard InChI is InChI=1S/C23H26O5S2/c1-24-17-8-6-15(7-9-17)18-14-21(30-11-5-10-29)28-22(18)16-12-19(25-2)23(27-4)20(13-16)26-3/h6-9,12-14,29H,5,10-11H2,1-4H3. The van der Waals surface area contributed by atoms with Crippen LogP contribution >= 0.6 is 24.4 Å². The molecule has 1 heterocycles. The van der Waals surface area contributed by atoms with Crippen molar-refractivity contribution in [2.75, 3.05) is 39.9 Å². The van der Waals surface area contributed by atoms with Crippen LogP contribution < -0.4 is 18.9 Å². The lowest BCUT2D eigenvalue weighted by Gasteiger charge is -2.14. The zero-order valence-corrected chi connectivity index (χ0v) is 19.3. The maximum Gasteiger partial charge on any atom is 0.203 e. The molecule has 0 radical (unpaired) electrons. The molecular formula is C23H26O5S2. The molecule has 0 bridgehead atoms. The molecule has 0 N–H and O–H groups in total. The molecule has 3 rings (SSSR count). The first-order valence-electron chi connectivity index (χ1n) is 9.47. The number of hydrogen-bond donors (Lipinski definition) is 1. The Bertz CT molecular complexity index is 941. The number of hydrogen-bond acceptors (Lipinski definition) is 7. The molecule has 0 saturated carbocycles. The topological polar surface area (TPSA) is 50.1 Å². The van der Waals surface area contributed by atoms with Gasteiger partial charge in [-0.2, -0.15) is 12.6 Å². The van der Waals surface area contributed by atoms with Crippen LogP contribution in [-0.2, 0) is 0 Å². The van der Waals surface area contributed by atoms with E-state index in [1.807, 2.05) is 36.4 Å². The van der Waals surface area contributed by atoms with Crippen LogP contribution in [0.15, 0.2) is 52.0 Å². The largest absolute Gasteiger partial charge is 0.497 e. The Kier molecular flexibility index (Phi) is 7.87. The average molecular weight is 447 g/mol. The Morgan fingerprint density at radius 3 is 2.03 bits per heavy atom. The molecular weight excluding hydrogens is 420 g/mol. The van der Waals surface area contributed by atoms with E-state index in [9.17, 15) is 0 Å². The van der Waals surface area contributed by atoms with Crippen molar-refractivity contribution < 1.29 is 23.4 Å². The molecule has 0 spiro atoms. The lowest BCUT2D eigenvalue weighted by molar-refractivity contribution is 0.324. The second-order valence-corrected chi connectivity index (χ2v) is 7.92. The fourth-order valence-corrected chi connectivity index (χ4v) is 4.29. The van der Waals surface area contributed by atoms with Gasteiger partial charge in [0.05, 0.1) is 28.4 Å². The minimum atomic E-state index is 0.546.